The third-order valence-electron chi connectivity index (χ3n) is 1.73. The van der Waals surface area contributed by atoms with Gasteiger partial charge in [-0.2, -0.15) is 0 Å². The third-order valence-corrected chi connectivity index (χ3v) is 1.73. The minimum atomic E-state index is -1.01. The molecule has 0 spiro atoms. The number of carbonyl (C=O) groups is 3. The first-order valence-corrected chi connectivity index (χ1v) is 4.62. The van der Waals surface area contributed by atoms with Gasteiger partial charge in [0.25, 0.3) is 0 Å². The maximum atomic E-state index is 11.1. The Morgan fingerprint density at radius 2 is 1.73 bits per heavy atom. The summed E-state index contributed by atoms with van der Waals surface area (Å²) in [6.45, 7) is 0.246. The molecular weight excluding hydrogens is 200 g/mol. The lowest BCUT2D eigenvalue weighted by Gasteiger charge is -2.10. The average molecular weight is 216 g/mol. The molecule has 0 bridgehead atoms. The van der Waals surface area contributed by atoms with Gasteiger partial charge in [0.15, 0.2) is 0 Å². The zero-order valence-corrected chi connectivity index (χ0v) is 8.95. The molecule has 6 heteroatoms. The molecule has 0 saturated heterocycles. The summed E-state index contributed by atoms with van der Waals surface area (Å²) in [4.78, 5) is 33.6. The molecule has 2 N–H and O–H groups in total. The van der Waals surface area contributed by atoms with Crippen molar-refractivity contribution in [3.8, 4) is 0 Å². The average Bonchev–Trinajstić information content (AvgIpc) is 2.14. The van der Waals surface area contributed by atoms with Crippen LogP contribution >= 0.6 is 0 Å². The number of aliphatic carboxylic acids is 1. The van der Waals surface area contributed by atoms with Gasteiger partial charge in [-0.15, -0.1) is 0 Å². The topological polar surface area (TPSA) is 86.7 Å². The van der Waals surface area contributed by atoms with Crippen LogP contribution in [0.1, 0.15) is 19.3 Å². The number of rotatable bonds is 6. The molecule has 0 aromatic carbocycles. The molecule has 0 rings (SSSR count). The van der Waals surface area contributed by atoms with E-state index in [0.717, 1.165) is 0 Å². The molecule has 0 saturated carbocycles. The number of hydrogen-bond acceptors (Lipinski definition) is 3. The highest BCUT2D eigenvalue weighted by atomic mass is 16.4. The maximum absolute atomic E-state index is 11.1. The van der Waals surface area contributed by atoms with Gasteiger partial charge in [-0.3, -0.25) is 14.4 Å². The number of nitrogens with one attached hydrogen (secondary N) is 1. The van der Waals surface area contributed by atoms with Crippen LogP contribution in [0.5, 0.6) is 0 Å². The smallest absolute Gasteiger partial charge is 0.303 e. The molecule has 0 aromatic rings. The van der Waals surface area contributed by atoms with Crippen molar-refractivity contribution in [2.75, 3.05) is 20.6 Å². The predicted molar refractivity (Wildman–Crippen MR) is 53.2 cm³/mol. The largest absolute Gasteiger partial charge is 0.481 e. The SMILES string of the molecule is CN(C)C(=O)CCNC(=O)CCC(=O)O. The molecule has 6 nitrogen and oxygen atoms in total. The molecule has 0 aromatic heterocycles. The van der Waals surface area contributed by atoms with E-state index in [-0.39, 0.29) is 37.6 Å². The Labute approximate surface area is 88.2 Å². The molecule has 2 amide bonds. The minimum Gasteiger partial charge on any atom is -0.481 e. The highest BCUT2D eigenvalue weighted by molar-refractivity contribution is 5.81. The van der Waals surface area contributed by atoms with E-state index in [0.29, 0.717) is 0 Å². The van der Waals surface area contributed by atoms with Crippen molar-refractivity contribution < 1.29 is 19.5 Å². The van der Waals surface area contributed by atoms with Crippen LogP contribution in [0.15, 0.2) is 0 Å². The Bertz CT molecular complexity index is 250. The molecular formula is C9H16N2O4. The summed E-state index contributed by atoms with van der Waals surface area (Å²) in [7, 11) is 3.27. The first kappa shape index (κ1) is 13.4. The fourth-order valence-corrected chi connectivity index (χ4v) is 0.841. The van der Waals surface area contributed by atoms with Gasteiger partial charge in [0.1, 0.15) is 0 Å². The van der Waals surface area contributed by atoms with Crippen molar-refractivity contribution in [3.05, 3.63) is 0 Å². The van der Waals surface area contributed by atoms with Crippen molar-refractivity contribution in [2.24, 2.45) is 0 Å². The number of carboxylic acids is 1. The van der Waals surface area contributed by atoms with Crippen LogP contribution in [0.25, 0.3) is 0 Å². The van der Waals surface area contributed by atoms with Crippen LogP contribution in [0.2, 0.25) is 0 Å². The van der Waals surface area contributed by atoms with Crippen molar-refractivity contribution in [3.63, 3.8) is 0 Å². The van der Waals surface area contributed by atoms with Gasteiger partial charge in [-0.1, -0.05) is 0 Å². The van der Waals surface area contributed by atoms with E-state index in [1.807, 2.05) is 0 Å². The van der Waals surface area contributed by atoms with Gasteiger partial charge in [-0.05, 0) is 0 Å². The Hall–Kier alpha value is -1.59. The lowest BCUT2D eigenvalue weighted by atomic mass is 10.3. The van der Waals surface area contributed by atoms with Crippen LogP contribution in [0.4, 0.5) is 0 Å². The standard InChI is InChI=1S/C9H16N2O4/c1-11(2)8(13)5-6-10-7(12)3-4-9(14)15/h3-6H2,1-2H3,(H,10,12)(H,14,15). The van der Waals surface area contributed by atoms with Crippen molar-refractivity contribution in [1.29, 1.82) is 0 Å². The Kier molecular flexibility index (Phi) is 6.08. The van der Waals surface area contributed by atoms with E-state index in [4.69, 9.17) is 5.11 Å². The van der Waals surface area contributed by atoms with E-state index < -0.39 is 5.97 Å². The van der Waals surface area contributed by atoms with Crippen LogP contribution in [-0.2, 0) is 14.4 Å². The minimum absolute atomic E-state index is 0.0501. The molecule has 0 unspecified atom stereocenters. The molecule has 0 aliphatic carbocycles. The summed E-state index contributed by atoms with van der Waals surface area (Å²) in [5.41, 5.74) is 0. The molecule has 86 valence electrons. The van der Waals surface area contributed by atoms with Crippen LogP contribution in [0.3, 0.4) is 0 Å². The summed E-state index contributed by atoms with van der Waals surface area (Å²) >= 11 is 0. The fraction of sp³-hybridized carbons (Fsp3) is 0.667. The Morgan fingerprint density at radius 1 is 1.13 bits per heavy atom. The van der Waals surface area contributed by atoms with E-state index in [1.165, 1.54) is 4.90 Å². The summed E-state index contributed by atoms with van der Waals surface area (Å²) in [5.74, 6) is -1.42. The third kappa shape index (κ3) is 7.48. The van der Waals surface area contributed by atoms with Gasteiger partial charge in [-0.25, -0.2) is 0 Å². The Balaban J connectivity index is 3.55. The van der Waals surface area contributed by atoms with Crippen molar-refractivity contribution >= 4 is 17.8 Å². The lowest BCUT2D eigenvalue weighted by molar-refractivity contribution is -0.139. The molecule has 0 radical (unpaired) electrons. The molecule has 0 fully saturated rings. The zero-order valence-electron chi connectivity index (χ0n) is 8.95. The second kappa shape index (κ2) is 6.80. The quantitative estimate of drug-likeness (QED) is 0.623. The van der Waals surface area contributed by atoms with E-state index in [9.17, 15) is 14.4 Å². The van der Waals surface area contributed by atoms with Crippen molar-refractivity contribution in [2.45, 2.75) is 19.3 Å². The molecule has 15 heavy (non-hydrogen) atoms. The van der Waals surface area contributed by atoms with Crippen molar-refractivity contribution in [1.82, 2.24) is 10.2 Å². The molecule has 0 aliphatic rings. The zero-order chi connectivity index (χ0) is 11.8. The summed E-state index contributed by atoms with van der Waals surface area (Å²) < 4.78 is 0. The summed E-state index contributed by atoms with van der Waals surface area (Å²) in [6, 6.07) is 0. The number of carbonyl (C=O) groups excluding carboxylic acids is 2. The number of carboxylic acid groups (broad SMARTS) is 1. The van der Waals surface area contributed by atoms with E-state index in [1.54, 1.807) is 14.1 Å². The fourth-order valence-electron chi connectivity index (χ4n) is 0.841. The monoisotopic (exact) mass is 216 g/mol. The van der Waals surface area contributed by atoms with E-state index in [2.05, 4.69) is 5.32 Å². The second-order valence-corrected chi connectivity index (χ2v) is 3.28. The molecule has 0 atom stereocenters. The number of hydrogen-bond donors (Lipinski definition) is 2. The van der Waals surface area contributed by atoms with Gasteiger partial charge >= 0.3 is 5.97 Å². The highest BCUT2D eigenvalue weighted by Crippen LogP contribution is 1.90. The summed E-state index contributed by atoms with van der Waals surface area (Å²) in [5, 5.41) is 10.8. The molecule has 0 aliphatic heterocycles. The second-order valence-electron chi connectivity index (χ2n) is 3.28. The first-order valence-electron chi connectivity index (χ1n) is 4.62. The number of amides is 2. The lowest BCUT2D eigenvalue weighted by Crippen LogP contribution is -2.30. The van der Waals surface area contributed by atoms with Crippen LogP contribution in [-0.4, -0.2) is 48.4 Å². The summed E-state index contributed by atoms with van der Waals surface area (Å²) in [6.07, 6.45) is -0.00917. The van der Waals surface area contributed by atoms with Gasteiger partial charge in [0, 0.05) is 33.5 Å². The van der Waals surface area contributed by atoms with Crippen LogP contribution in [0, 0.1) is 0 Å². The first-order chi connectivity index (χ1) is 6.93. The normalized spacial score (nSPS) is 9.47. The van der Waals surface area contributed by atoms with Gasteiger partial charge in [0.2, 0.25) is 11.8 Å². The molecule has 0 heterocycles. The van der Waals surface area contributed by atoms with Gasteiger partial charge < -0.3 is 15.3 Å². The predicted octanol–water partition coefficient (Wildman–Crippen LogP) is -0.554. The highest BCUT2D eigenvalue weighted by Gasteiger charge is 2.07. The number of nitrogens with zero attached hydrogens (tertiary/aromatic N) is 1. The maximum Gasteiger partial charge on any atom is 0.303 e. The van der Waals surface area contributed by atoms with Crippen LogP contribution < -0.4 is 5.32 Å². The van der Waals surface area contributed by atoms with Gasteiger partial charge in [0.05, 0.1) is 6.42 Å². The Morgan fingerprint density at radius 3 is 2.20 bits per heavy atom. The van der Waals surface area contributed by atoms with E-state index >= 15 is 0 Å².